The molecule has 0 saturated carbocycles. The molecule has 1 aliphatic heterocycles. The fourth-order valence-corrected chi connectivity index (χ4v) is 2.63. The molecule has 0 aliphatic carbocycles. The second kappa shape index (κ2) is 8.04. The minimum Gasteiger partial charge on any atom is -0.492 e. The Balaban J connectivity index is 0.00000242. The van der Waals surface area contributed by atoms with Gasteiger partial charge in [-0.15, -0.1) is 12.4 Å². The Morgan fingerprint density at radius 2 is 2.14 bits per heavy atom. The highest BCUT2D eigenvalue weighted by Gasteiger charge is 2.28. The molecule has 2 rings (SSSR count). The van der Waals surface area contributed by atoms with Crippen molar-refractivity contribution < 1.29 is 9.53 Å². The van der Waals surface area contributed by atoms with E-state index in [0.717, 1.165) is 24.2 Å². The van der Waals surface area contributed by atoms with Crippen LogP contribution in [0.2, 0.25) is 5.02 Å². The zero-order chi connectivity index (χ0) is 15.5. The van der Waals surface area contributed by atoms with Crippen LogP contribution in [-0.4, -0.2) is 24.6 Å². The lowest BCUT2D eigenvalue weighted by Gasteiger charge is -2.29. The first-order valence-electron chi connectivity index (χ1n) is 7.45. The van der Waals surface area contributed by atoms with Crippen LogP contribution >= 0.6 is 24.0 Å². The number of ether oxygens (including phenoxy) is 1. The van der Waals surface area contributed by atoms with Crippen LogP contribution in [0.4, 0.5) is 0 Å². The molecule has 0 spiro atoms. The zero-order valence-corrected chi connectivity index (χ0v) is 14.6. The van der Waals surface area contributed by atoms with Crippen molar-refractivity contribution in [3.8, 4) is 5.75 Å². The largest absolute Gasteiger partial charge is 0.492 e. The van der Waals surface area contributed by atoms with Gasteiger partial charge in [-0.2, -0.15) is 0 Å². The van der Waals surface area contributed by atoms with Crippen LogP contribution in [0, 0.1) is 5.92 Å². The third-order valence-corrected chi connectivity index (χ3v) is 4.56. The van der Waals surface area contributed by atoms with E-state index in [1.807, 2.05) is 26.0 Å². The van der Waals surface area contributed by atoms with Crippen LogP contribution in [0.3, 0.4) is 0 Å². The molecule has 0 aromatic heterocycles. The molecular weight excluding hydrogens is 323 g/mol. The first-order chi connectivity index (χ1) is 9.97. The molecule has 1 aliphatic rings. The van der Waals surface area contributed by atoms with Crippen molar-refractivity contribution in [3.05, 3.63) is 28.8 Å². The molecule has 3 N–H and O–H groups in total. The Kier molecular flexibility index (Phi) is 6.98. The molecule has 0 saturated heterocycles. The zero-order valence-electron chi connectivity index (χ0n) is 13.0. The molecular formula is C16H24Cl2N2O2. The van der Waals surface area contributed by atoms with Gasteiger partial charge in [0.2, 0.25) is 5.91 Å². The maximum atomic E-state index is 12.3. The number of amides is 1. The Hall–Kier alpha value is -0.970. The summed E-state index contributed by atoms with van der Waals surface area (Å²) < 4.78 is 5.65. The van der Waals surface area contributed by atoms with Crippen LogP contribution in [0.15, 0.2) is 18.2 Å². The highest BCUT2D eigenvalue weighted by molar-refractivity contribution is 6.30. The molecule has 22 heavy (non-hydrogen) atoms. The van der Waals surface area contributed by atoms with Gasteiger partial charge in [0.15, 0.2) is 0 Å². The second-order valence-electron chi connectivity index (χ2n) is 5.75. The third kappa shape index (κ3) is 4.51. The number of carbonyl (C=O) groups excluding carboxylic acids is 1. The molecule has 4 nitrogen and oxygen atoms in total. The van der Waals surface area contributed by atoms with Crippen molar-refractivity contribution in [2.45, 2.75) is 38.6 Å². The lowest BCUT2D eigenvalue weighted by atomic mass is 9.92. The summed E-state index contributed by atoms with van der Waals surface area (Å²) in [6, 6.07) is 5.51. The maximum absolute atomic E-state index is 12.3. The summed E-state index contributed by atoms with van der Waals surface area (Å²) in [5, 5.41) is 3.63. The number of benzene rings is 1. The van der Waals surface area contributed by atoms with Crippen LogP contribution in [0.5, 0.6) is 5.75 Å². The standard InChI is InChI=1S/C16H23ClN2O2.ClH/c1-3-16(18,4-2)10-19-15(20)12-7-11-8-13(17)5-6-14(11)21-9-12;/h5-6,8,12H,3-4,7,9-10,18H2,1-2H3,(H,19,20);1H. The lowest BCUT2D eigenvalue weighted by Crippen LogP contribution is -2.51. The van der Waals surface area contributed by atoms with Crippen molar-refractivity contribution in [2.75, 3.05) is 13.2 Å². The molecule has 1 amide bonds. The molecule has 1 atom stereocenters. The highest BCUT2D eigenvalue weighted by Crippen LogP contribution is 2.29. The van der Waals surface area contributed by atoms with Crippen molar-refractivity contribution in [2.24, 2.45) is 11.7 Å². The van der Waals surface area contributed by atoms with E-state index in [2.05, 4.69) is 5.32 Å². The fourth-order valence-electron chi connectivity index (χ4n) is 2.44. The second-order valence-corrected chi connectivity index (χ2v) is 6.19. The van der Waals surface area contributed by atoms with E-state index in [9.17, 15) is 4.79 Å². The molecule has 0 fully saturated rings. The normalized spacial score (nSPS) is 17.0. The highest BCUT2D eigenvalue weighted by atomic mass is 35.5. The van der Waals surface area contributed by atoms with Gasteiger partial charge in [0.05, 0.1) is 5.92 Å². The molecule has 0 bridgehead atoms. The smallest absolute Gasteiger partial charge is 0.226 e. The number of fused-ring (bicyclic) bond motifs is 1. The number of carbonyl (C=O) groups is 1. The van der Waals surface area contributed by atoms with Gasteiger partial charge in [-0.3, -0.25) is 4.79 Å². The minimum absolute atomic E-state index is 0. The fraction of sp³-hybridized carbons (Fsp3) is 0.562. The number of nitrogens with two attached hydrogens (primary N) is 1. The average molecular weight is 347 g/mol. The Morgan fingerprint density at radius 3 is 2.77 bits per heavy atom. The van der Waals surface area contributed by atoms with Crippen molar-refractivity contribution in [1.29, 1.82) is 0 Å². The van der Waals surface area contributed by atoms with Crippen LogP contribution in [0.1, 0.15) is 32.3 Å². The van der Waals surface area contributed by atoms with Gasteiger partial charge < -0.3 is 15.8 Å². The summed E-state index contributed by atoms with van der Waals surface area (Å²) in [5.74, 6) is 0.630. The Bertz CT molecular complexity index is 519. The Morgan fingerprint density at radius 1 is 1.45 bits per heavy atom. The van der Waals surface area contributed by atoms with Gasteiger partial charge in [0.25, 0.3) is 0 Å². The van der Waals surface area contributed by atoms with Crippen LogP contribution in [-0.2, 0) is 11.2 Å². The number of hydrogen-bond donors (Lipinski definition) is 2. The van der Waals surface area contributed by atoms with E-state index in [1.165, 1.54) is 0 Å². The van der Waals surface area contributed by atoms with E-state index >= 15 is 0 Å². The van der Waals surface area contributed by atoms with E-state index in [1.54, 1.807) is 6.07 Å². The number of rotatable bonds is 5. The number of hydrogen-bond acceptors (Lipinski definition) is 3. The minimum atomic E-state index is -0.327. The predicted molar refractivity (Wildman–Crippen MR) is 91.9 cm³/mol. The van der Waals surface area contributed by atoms with E-state index in [4.69, 9.17) is 22.1 Å². The monoisotopic (exact) mass is 346 g/mol. The summed E-state index contributed by atoms with van der Waals surface area (Å²) in [4.78, 5) is 12.3. The summed E-state index contributed by atoms with van der Waals surface area (Å²) in [6.45, 7) is 4.98. The predicted octanol–water partition coefficient (Wildman–Crippen LogP) is 2.95. The molecule has 124 valence electrons. The summed E-state index contributed by atoms with van der Waals surface area (Å²) in [5.41, 5.74) is 6.87. The molecule has 1 heterocycles. The van der Waals surface area contributed by atoms with Crippen LogP contribution < -0.4 is 15.8 Å². The maximum Gasteiger partial charge on any atom is 0.226 e. The molecule has 1 unspecified atom stereocenters. The lowest BCUT2D eigenvalue weighted by molar-refractivity contribution is -0.126. The Labute approximate surface area is 143 Å². The van der Waals surface area contributed by atoms with Crippen molar-refractivity contribution >= 4 is 29.9 Å². The SMILES string of the molecule is CCC(N)(CC)CNC(=O)C1COc2ccc(Cl)cc2C1.Cl. The average Bonchev–Trinajstić information content (AvgIpc) is 2.51. The van der Waals surface area contributed by atoms with Gasteiger partial charge in [-0.1, -0.05) is 25.4 Å². The molecule has 0 radical (unpaired) electrons. The van der Waals surface area contributed by atoms with E-state index in [-0.39, 0.29) is 29.8 Å². The first-order valence-corrected chi connectivity index (χ1v) is 7.83. The van der Waals surface area contributed by atoms with Gasteiger partial charge in [0.1, 0.15) is 12.4 Å². The third-order valence-electron chi connectivity index (χ3n) is 4.32. The molecule has 6 heteroatoms. The number of halogens is 2. The molecule has 1 aromatic rings. The quantitative estimate of drug-likeness (QED) is 0.861. The molecule has 1 aromatic carbocycles. The van der Waals surface area contributed by atoms with E-state index in [0.29, 0.717) is 24.6 Å². The van der Waals surface area contributed by atoms with Crippen molar-refractivity contribution in [1.82, 2.24) is 5.32 Å². The van der Waals surface area contributed by atoms with Gasteiger partial charge in [-0.25, -0.2) is 0 Å². The first kappa shape index (κ1) is 19.1. The van der Waals surface area contributed by atoms with Crippen LogP contribution in [0.25, 0.3) is 0 Å². The van der Waals surface area contributed by atoms with Crippen molar-refractivity contribution in [3.63, 3.8) is 0 Å². The topological polar surface area (TPSA) is 64.3 Å². The number of nitrogens with one attached hydrogen (secondary N) is 1. The van der Waals surface area contributed by atoms with Gasteiger partial charge in [-0.05, 0) is 43.0 Å². The summed E-state index contributed by atoms with van der Waals surface area (Å²) >= 11 is 5.99. The van der Waals surface area contributed by atoms with E-state index < -0.39 is 0 Å². The van der Waals surface area contributed by atoms with Gasteiger partial charge in [0, 0.05) is 17.1 Å². The van der Waals surface area contributed by atoms with Gasteiger partial charge >= 0.3 is 0 Å². The summed E-state index contributed by atoms with van der Waals surface area (Å²) in [7, 11) is 0. The summed E-state index contributed by atoms with van der Waals surface area (Å²) in [6.07, 6.45) is 2.32.